The first-order chi connectivity index (χ1) is 12.9. The first-order valence-electron chi connectivity index (χ1n) is 10.1. The van der Waals surface area contributed by atoms with Crippen LogP contribution in [0.5, 0.6) is 0 Å². The van der Waals surface area contributed by atoms with E-state index in [1.54, 1.807) is 7.11 Å². The molecule has 0 spiro atoms. The van der Waals surface area contributed by atoms with Crippen LogP contribution in [-0.4, -0.2) is 62.3 Å². The van der Waals surface area contributed by atoms with Crippen LogP contribution in [0.1, 0.15) is 51.9 Å². The second-order valence-corrected chi connectivity index (χ2v) is 8.65. The van der Waals surface area contributed by atoms with Crippen molar-refractivity contribution in [2.75, 3.05) is 26.9 Å². The summed E-state index contributed by atoms with van der Waals surface area (Å²) in [6.45, 7) is 2.44. The standard InChI is InChI=1S/C20H32O7/c1-20(10-24-2,11-25-18(22)13-5-3-6-14(21)9-13)12-26-19(23)15-7-4-8-16-17(15)27-16/h13-17,21H,3-12H2,1-2H3. The molecule has 2 aliphatic carbocycles. The van der Waals surface area contributed by atoms with Crippen molar-refractivity contribution >= 4 is 11.9 Å². The maximum absolute atomic E-state index is 12.4. The minimum atomic E-state index is -0.605. The van der Waals surface area contributed by atoms with Crippen LogP contribution in [0.3, 0.4) is 0 Å². The molecule has 1 aliphatic heterocycles. The zero-order valence-electron chi connectivity index (χ0n) is 16.4. The summed E-state index contributed by atoms with van der Waals surface area (Å²) in [7, 11) is 1.57. The number of hydrogen-bond acceptors (Lipinski definition) is 7. The quantitative estimate of drug-likeness (QED) is 0.504. The molecule has 0 aromatic heterocycles. The van der Waals surface area contributed by atoms with Crippen LogP contribution in [-0.2, 0) is 28.5 Å². The number of fused-ring (bicyclic) bond motifs is 1. The third kappa shape index (κ3) is 5.42. The molecule has 1 N–H and O–H groups in total. The maximum atomic E-state index is 12.4. The molecular formula is C20H32O7. The number of methoxy groups -OCH3 is 1. The Labute approximate surface area is 160 Å². The molecule has 154 valence electrons. The lowest BCUT2D eigenvalue weighted by Crippen LogP contribution is -2.38. The van der Waals surface area contributed by atoms with Gasteiger partial charge in [0, 0.05) is 7.11 Å². The summed E-state index contributed by atoms with van der Waals surface area (Å²) in [5, 5.41) is 9.74. The Balaban J connectivity index is 1.47. The molecule has 1 saturated heterocycles. The summed E-state index contributed by atoms with van der Waals surface area (Å²) in [6.07, 6.45) is 5.43. The van der Waals surface area contributed by atoms with E-state index in [9.17, 15) is 14.7 Å². The summed E-state index contributed by atoms with van der Waals surface area (Å²) in [5.41, 5.74) is -0.605. The van der Waals surface area contributed by atoms with Crippen molar-refractivity contribution in [3.05, 3.63) is 0 Å². The SMILES string of the molecule is COCC(C)(COC(=O)C1CCCC(O)C1)COC(=O)C1CCCC2OC21. The zero-order chi connectivity index (χ0) is 19.4. The molecule has 2 saturated carbocycles. The second kappa shape index (κ2) is 8.88. The van der Waals surface area contributed by atoms with Crippen LogP contribution in [0.2, 0.25) is 0 Å². The van der Waals surface area contributed by atoms with Gasteiger partial charge in [-0.05, 0) is 38.5 Å². The second-order valence-electron chi connectivity index (χ2n) is 8.65. The topological polar surface area (TPSA) is 94.6 Å². The van der Waals surface area contributed by atoms with Gasteiger partial charge in [0.05, 0.1) is 42.2 Å². The fraction of sp³-hybridized carbons (Fsp3) is 0.900. The van der Waals surface area contributed by atoms with E-state index in [1.807, 2.05) is 6.92 Å². The van der Waals surface area contributed by atoms with Crippen LogP contribution in [0.15, 0.2) is 0 Å². The summed E-state index contributed by atoms with van der Waals surface area (Å²) >= 11 is 0. The number of hydrogen-bond donors (Lipinski definition) is 1. The van der Waals surface area contributed by atoms with Gasteiger partial charge in [-0.1, -0.05) is 13.3 Å². The van der Waals surface area contributed by atoms with Gasteiger partial charge in [0.2, 0.25) is 0 Å². The Morgan fingerprint density at radius 1 is 1.04 bits per heavy atom. The summed E-state index contributed by atoms with van der Waals surface area (Å²) in [6, 6.07) is 0. The maximum Gasteiger partial charge on any atom is 0.311 e. The first kappa shape index (κ1) is 20.6. The van der Waals surface area contributed by atoms with Gasteiger partial charge in [-0.3, -0.25) is 9.59 Å². The number of carbonyl (C=O) groups excluding carboxylic acids is 2. The largest absolute Gasteiger partial charge is 0.465 e. The molecule has 1 heterocycles. The summed E-state index contributed by atoms with van der Waals surface area (Å²) in [4.78, 5) is 24.8. The van der Waals surface area contributed by atoms with Crippen molar-refractivity contribution in [1.82, 2.24) is 0 Å². The molecule has 3 aliphatic rings. The third-order valence-corrected chi connectivity index (χ3v) is 5.92. The van der Waals surface area contributed by atoms with E-state index in [1.165, 1.54) is 0 Å². The Hall–Kier alpha value is -1.18. The van der Waals surface area contributed by atoms with Gasteiger partial charge in [-0.25, -0.2) is 0 Å². The van der Waals surface area contributed by atoms with E-state index in [0.717, 1.165) is 38.5 Å². The van der Waals surface area contributed by atoms with Gasteiger partial charge in [0.25, 0.3) is 0 Å². The van der Waals surface area contributed by atoms with Crippen LogP contribution in [0, 0.1) is 17.3 Å². The molecule has 27 heavy (non-hydrogen) atoms. The van der Waals surface area contributed by atoms with Gasteiger partial charge in [-0.15, -0.1) is 0 Å². The van der Waals surface area contributed by atoms with Gasteiger partial charge < -0.3 is 24.1 Å². The van der Waals surface area contributed by atoms with Gasteiger partial charge in [0.1, 0.15) is 13.2 Å². The highest BCUT2D eigenvalue weighted by Crippen LogP contribution is 2.41. The van der Waals surface area contributed by atoms with Crippen molar-refractivity contribution in [3.8, 4) is 0 Å². The predicted octanol–water partition coefficient (Wildman–Crippen LogP) is 1.84. The van der Waals surface area contributed by atoms with E-state index >= 15 is 0 Å². The fourth-order valence-electron chi connectivity index (χ4n) is 4.27. The average molecular weight is 384 g/mol. The molecule has 0 amide bonds. The lowest BCUT2D eigenvalue weighted by atomic mass is 9.87. The van der Waals surface area contributed by atoms with Crippen molar-refractivity contribution in [2.24, 2.45) is 17.3 Å². The average Bonchev–Trinajstić information content (AvgIpc) is 3.44. The number of ether oxygens (including phenoxy) is 4. The van der Waals surface area contributed by atoms with Crippen LogP contribution >= 0.6 is 0 Å². The molecule has 0 bridgehead atoms. The van der Waals surface area contributed by atoms with Gasteiger partial charge >= 0.3 is 11.9 Å². The molecule has 3 rings (SSSR count). The lowest BCUT2D eigenvalue weighted by molar-refractivity contribution is -0.162. The van der Waals surface area contributed by atoms with E-state index in [-0.39, 0.29) is 49.2 Å². The van der Waals surface area contributed by atoms with Crippen LogP contribution in [0.25, 0.3) is 0 Å². The summed E-state index contributed by atoms with van der Waals surface area (Å²) < 4.78 is 21.9. The van der Waals surface area contributed by atoms with E-state index in [4.69, 9.17) is 18.9 Å². The molecule has 0 aromatic rings. The Morgan fingerprint density at radius 2 is 1.74 bits per heavy atom. The van der Waals surface area contributed by atoms with Crippen molar-refractivity contribution in [1.29, 1.82) is 0 Å². The number of epoxide rings is 1. The van der Waals surface area contributed by atoms with E-state index < -0.39 is 11.5 Å². The number of rotatable bonds is 8. The molecular weight excluding hydrogens is 352 g/mol. The highest BCUT2D eigenvalue weighted by Gasteiger charge is 2.51. The molecule has 0 aromatic carbocycles. The minimum Gasteiger partial charge on any atom is -0.465 e. The molecule has 6 atom stereocenters. The highest BCUT2D eigenvalue weighted by atomic mass is 16.6. The molecule has 6 unspecified atom stereocenters. The van der Waals surface area contributed by atoms with Crippen molar-refractivity contribution < 1.29 is 33.6 Å². The van der Waals surface area contributed by atoms with Crippen LogP contribution < -0.4 is 0 Å². The Morgan fingerprint density at radius 3 is 2.44 bits per heavy atom. The van der Waals surface area contributed by atoms with E-state index in [2.05, 4.69) is 0 Å². The third-order valence-electron chi connectivity index (χ3n) is 5.92. The molecule has 0 radical (unpaired) electrons. The van der Waals surface area contributed by atoms with Gasteiger partial charge in [0.15, 0.2) is 0 Å². The number of carbonyl (C=O) groups is 2. The molecule has 3 fully saturated rings. The van der Waals surface area contributed by atoms with Crippen molar-refractivity contribution in [2.45, 2.75) is 70.2 Å². The Kier molecular flexibility index (Phi) is 6.76. The zero-order valence-corrected chi connectivity index (χ0v) is 16.4. The summed E-state index contributed by atoms with van der Waals surface area (Å²) in [5.74, 6) is -0.953. The smallest absolute Gasteiger partial charge is 0.311 e. The minimum absolute atomic E-state index is 0.0236. The first-order valence-corrected chi connectivity index (χ1v) is 10.1. The number of aliphatic hydroxyl groups excluding tert-OH is 1. The molecule has 7 nitrogen and oxygen atoms in total. The highest BCUT2D eigenvalue weighted by molar-refractivity contribution is 5.74. The van der Waals surface area contributed by atoms with Crippen molar-refractivity contribution in [3.63, 3.8) is 0 Å². The monoisotopic (exact) mass is 384 g/mol. The van der Waals surface area contributed by atoms with Crippen LogP contribution in [0.4, 0.5) is 0 Å². The number of aliphatic hydroxyl groups is 1. The van der Waals surface area contributed by atoms with E-state index in [0.29, 0.717) is 13.0 Å². The normalized spacial score (nSPS) is 34.9. The molecule has 7 heteroatoms. The fourth-order valence-corrected chi connectivity index (χ4v) is 4.27. The number of esters is 2. The Bertz CT molecular complexity index is 536. The van der Waals surface area contributed by atoms with Gasteiger partial charge in [-0.2, -0.15) is 0 Å². The predicted molar refractivity (Wildman–Crippen MR) is 95.9 cm³/mol. The lowest BCUT2D eigenvalue weighted by Gasteiger charge is -2.30.